The van der Waals surface area contributed by atoms with E-state index in [0.29, 0.717) is 6.54 Å². The molecular weight excluding hydrogens is 185 g/mol. The third-order valence-electron chi connectivity index (χ3n) is 1.47. The number of amides is 1. The highest BCUT2D eigenvalue weighted by atomic mass is 19.4. The molecule has 0 aromatic heterocycles. The molecule has 0 spiro atoms. The first-order valence-electron chi connectivity index (χ1n) is 3.82. The average Bonchev–Trinajstić information content (AvgIpc) is 1.96. The van der Waals surface area contributed by atoms with Crippen LogP contribution in [0.4, 0.5) is 13.2 Å². The third-order valence-corrected chi connectivity index (χ3v) is 1.47. The van der Waals surface area contributed by atoms with Crippen molar-refractivity contribution in [2.45, 2.75) is 12.6 Å². The van der Waals surface area contributed by atoms with E-state index in [2.05, 4.69) is 5.32 Å². The van der Waals surface area contributed by atoms with E-state index in [-0.39, 0.29) is 6.54 Å². The van der Waals surface area contributed by atoms with Gasteiger partial charge in [-0.05, 0) is 7.05 Å². The summed E-state index contributed by atoms with van der Waals surface area (Å²) in [6, 6.07) is 0. The fraction of sp³-hybridized carbons (Fsp3) is 0.857. The van der Waals surface area contributed by atoms with Crippen LogP contribution in [0.1, 0.15) is 6.42 Å². The van der Waals surface area contributed by atoms with Gasteiger partial charge in [0.1, 0.15) is 6.42 Å². The number of carbonyl (C=O) groups is 1. The van der Waals surface area contributed by atoms with Crippen molar-refractivity contribution < 1.29 is 18.0 Å². The molecule has 78 valence electrons. The van der Waals surface area contributed by atoms with E-state index in [1.807, 2.05) is 0 Å². The topological polar surface area (TPSA) is 32.3 Å². The second-order valence-electron chi connectivity index (χ2n) is 2.71. The Kier molecular flexibility index (Phi) is 4.76. The van der Waals surface area contributed by atoms with Crippen LogP contribution in [-0.4, -0.2) is 44.2 Å². The van der Waals surface area contributed by atoms with Gasteiger partial charge in [0, 0.05) is 20.1 Å². The summed E-state index contributed by atoms with van der Waals surface area (Å²) in [7, 11) is 3.02. The van der Waals surface area contributed by atoms with E-state index >= 15 is 0 Å². The van der Waals surface area contributed by atoms with Gasteiger partial charge in [0.25, 0.3) is 0 Å². The molecule has 0 radical (unpaired) electrons. The Labute approximate surface area is 74.9 Å². The number of rotatable bonds is 4. The monoisotopic (exact) mass is 198 g/mol. The Morgan fingerprint density at radius 3 is 2.38 bits per heavy atom. The molecule has 6 heteroatoms. The van der Waals surface area contributed by atoms with Gasteiger partial charge < -0.3 is 10.2 Å². The molecule has 1 amide bonds. The van der Waals surface area contributed by atoms with Gasteiger partial charge in [-0.2, -0.15) is 13.2 Å². The molecule has 1 N–H and O–H groups in total. The molecule has 13 heavy (non-hydrogen) atoms. The van der Waals surface area contributed by atoms with E-state index in [1.54, 1.807) is 7.05 Å². The van der Waals surface area contributed by atoms with E-state index in [9.17, 15) is 18.0 Å². The summed E-state index contributed by atoms with van der Waals surface area (Å²) in [5.74, 6) is -0.900. The van der Waals surface area contributed by atoms with Gasteiger partial charge in [-0.1, -0.05) is 0 Å². The van der Waals surface area contributed by atoms with Crippen LogP contribution in [0.25, 0.3) is 0 Å². The van der Waals surface area contributed by atoms with Crippen LogP contribution >= 0.6 is 0 Å². The number of halogens is 3. The molecule has 0 heterocycles. The number of alkyl halides is 3. The maximum absolute atomic E-state index is 11.7. The number of hydrogen-bond acceptors (Lipinski definition) is 2. The zero-order valence-electron chi connectivity index (χ0n) is 7.61. The highest BCUT2D eigenvalue weighted by molar-refractivity contribution is 5.76. The number of nitrogens with one attached hydrogen (secondary N) is 1. The molecular formula is C7H13F3N2O. The van der Waals surface area contributed by atoms with Crippen molar-refractivity contribution in [2.24, 2.45) is 0 Å². The Balaban J connectivity index is 3.83. The quantitative estimate of drug-likeness (QED) is 0.718. The predicted octanol–water partition coefficient (Wildman–Crippen LogP) is 0.617. The van der Waals surface area contributed by atoms with Crippen LogP contribution in [0.5, 0.6) is 0 Å². The van der Waals surface area contributed by atoms with E-state index in [0.717, 1.165) is 4.90 Å². The minimum absolute atomic E-state index is 0.283. The standard InChI is InChI=1S/C7H13F3N2O/c1-11-3-4-12(2)6(13)5-7(8,9)10/h11H,3-5H2,1-2H3. The maximum atomic E-state index is 11.7. The van der Waals surface area contributed by atoms with E-state index < -0.39 is 18.5 Å². The smallest absolute Gasteiger partial charge is 0.344 e. The minimum atomic E-state index is -4.41. The number of carbonyl (C=O) groups excluding carboxylic acids is 1. The van der Waals surface area contributed by atoms with Gasteiger partial charge in [-0.25, -0.2) is 0 Å². The molecule has 0 saturated heterocycles. The summed E-state index contributed by atoms with van der Waals surface area (Å²) in [5.41, 5.74) is 0. The fourth-order valence-electron chi connectivity index (χ4n) is 0.711. The molecule has 0 fully saturated rings. The van der Waals surface area contributed by atoms with Gasteiger partial charge >= 0.3 is 6.18 Å². The van der Waals surface area contributed by atoms with Gasteiger partial charge in [-0.3, -0.25) is 4.79 Å². The second-order valence-corrected chi connectivity index (χ2v) is 2.71. The highest BCUT2D eigenvalue weighted by Crippen LogP contribution is 2.19. The zero-order valence-corrected chi connectivity index (χ0v) is 7.61. The molecule has 0 aromatic carbocycles. The first-order valence-corrected chi connectivity index (χ1v) is 3.82. The summed E-state index contributed by atoms with van der Waals surface area (Å²) >= 11 is 0. The van der Waals surface area contributed by atoms with E-state index in [4.69, 9.17) is 0 Å². The van der Waals surface area contributed by atoms with Crippen molar-refractivity contribution in [1.82, 2.24) is 10.2 Å². The molecule has 0 aliphatic carbocycles. The minimum Gasteiger partial charge on any atom is -0.344 e. The second kappa shape index (κ2) is 5.06. The normalized spacial score (nSPS) is 11.5. The van der Waals surface area contributed by atoms with Gasteiger partial charge in [0.05, 0.1) is 0 Å². The van der Waals surface area contributed by atoms with Crippen LogP contribution in [0.3, 0.4) is 0 Å². The molecule has 0 aliphatic rings. The first kappa shape index (κ1) is 12.2. The molecule has 0 rings (SSSR count). The lowest BCUT2D eigenvalue weighted by atomic mass is 10.3. The van der Waals surface area contributed by atoms with Crippen LogP contribution in [0, 0.1) is 0 Å². The van der Waals surface area contributed by atoms with Crippen molar-refractivity contribution in [2.75, 3.05) is 27.2 Å². The molecule has 0 bridgehead atoms. The summed E-state index contributed by atoms with van der Waals surface area (Å²) in [4.78, 5) is 11.9. The number of nitrogens with zero attached hydrogens (tertiary/aromatic N) is 1. The number of likely N-dealkylation sites (N-methyl/N-ethyl adjacent to an activating group) is 2. The lowest BCUT2D eigenvalue weighted by Gasteiger charge is -2.17. The Morgan fingerprint density at radius 1 is 1.46 bits per heavy atom. The summed E-state index contributed by atoms with van der Waals surface area (Å²) in [6.45, 7) is 0.769. The summed E-state index contributed by atoms with van der Waals surface area (Å²) in [5, 5.41) is 2.74. The molecule has 0 aliphatic heterocycles. The lowest BCUT2D eigenvalue weighted by molar-refractivity contribution is -0.160. The zero-order chi connectivity index (χ0) is 10.5. The van der Waals surface area contributed by atoms with Crippen LogP contribution in [0.15, 0.2) is 0 Å². The predicted molar refractivity (Wildman–Crippen MR) is 42.2 cm³/mol. The largest absolute Gasteiger partial charge is 0.397 e. The van der Waals surface area contributed by atoms with Crippen LogP contribution in [-0.2, 0) is 4.79 Å². The molecule has 0 atom stereocenters. The van der Waals surface area contributed by atoms with Crippen LogP contribution in [0.2, 0.25) is 0 Å². The lowest BCUT2D eigenvalue weighted by Crippen LogP contribution is -2.35. The average molecular weight is 198 g/mol. The SMILES string of the molecule is CNCCN(C)C(=O)CC(F)(F)F. The van der Waals surface area contributed by atoms with Crippen molar-refractivity contribution in [3.05, 3.63) is 0 Å². The molecule has 3 nitrogen and oxygen atoms in total. The van der Waals surface area contributed by atoms with Gasteiger partial charge in [-0.15, -0.1) is 0 Å². The van der Waals surface area contributed by atoms with Crippen molar-refractivity contribution >= 4 is 5.91 Å². The Hall–Kier alpha value is -0.780. The maximum Gasteiger partial charge on any atom is 0.397 e. The highest BCUT2D eigenvalue weighted by Gasteiger charge is 2.32. The van der Waals surface area contributed by atoms with E-state index in [1.165, 1.54) is 7.05 Å². The van der Waals surface area contributed by atoms with Crippen LogP contribution < -0.4 is 5.32 Å². The first-order chi connectivity index (χ1) is 5.87. The molecule has 0 aromatic rings. The Morgan fingerprint density at radius 2 is 2.00 bits per heavy atom. The third kappa shape index (κ3) is 6.39. The number of hydrogen-bond donors (Lipinski definition) is 1. The Bertz CT molecular complexity index is 170. The van der Waals surface area contributed by atoms with Gasteiger partial charge in [0.2, 0.25) is 5.91 Å². The summed E-state index contributed by atoms with van der Waals surface area (Å²) < 4.78 is 35.2. The van der Waals surface area contributed by atoms with Crippen molar-refractivity contribution in [3.63, 3.8) is 0 Å². The molecule has 0 saturated carbocycles. The fourth-order valence-corrected chi connectivity index (χ4v) is 0.711. The summed E-state index contributed by atoms with van der Waals surface area (Å²) in [6.07, 6.45) is -5.79. The molecule has 0 unspecified atom stereocenters. The van der Waals surface area contributed by atoms with Crippen molar-refractivity contribution in [1.29, 1.82) is 0 Å². The van der Waals surface area contributed by atoms with Gasteiger partial charge in [0.15, 0.2) is 0 Å². The van der Waals surface area contributed by atoms with Crippen molar-refractivity contribution in [3.8, 4) is 0 Å².